The van der Waals surface area contributed by atoms with E-state index in [1.165, 1.54) is 71.5 Å². The van der Waals surface area contributed by atoms with Crippen molar-refractivity contribution in [3.8, 4) is 33.6 Å². The van der Waals surface area contributed by atoms with Gasteiger partial charge < -0.3 is 8.97 Å². The molecular formula is C44H29N3. The van der Waals surface area contributed by atoms with Gasteiger partial charge in [0.05, 0.1) is 22.1 Å². The van der Waals surface area contributed by atoms with Gasteiger partial charge in [-0.3, -0.25) is 4.57 Å². The number of fused-ring (bicyclic) bond motifs is 8. The van der Waals surface area contributed by atoms with Crippen LogP contribution in [-0.4, -0.2) is 13.5 Å². The Bertz CT molecular complexity index is 2720. The number of rotatable bonds is 4. The van der Waals surface area contributed by atoms with Crippen LogP contribution in [-0.2, 0) is 0 Å². The molecule has 0 N–H and O–H groups in total. The lowest BCUT2D eigenvalue weighted by Gasteiger charge is -2.13. The molecule has 0 fully saturated rings. The third-order valence-electron chi connectivity index (χ3n) is 9.63. The molecular weight excluding hydrogens is 571 g/mol. The molecule has 220 valence electrons. The van der Waals surface area contributed by atoms with Gasteiger partial charge in [-0.05, 0) is 71.3 Å². The summed E-state index contributed by atoms with van der Waals surface area (Å²) >= 11 is 0. The van der Waals surface area contributed by atoms with Crippen LogP contribution in [0.4, 0.5) is 0 Å². The molecule has 4 aromatic heterocycles. The number of hydrogen-bond donors (Lipinski definition) is 0. The Balaban J connectivity index is 1.32. The summed E-state index contributed by atoms with van der Waals surface area (Å²) in [5, 5.41) is 5.03. The Hall–Kier alpha value is -6.32. The number of aromatic nitrogens is 3. The summed E-state index contributed by atoms with van der Waals surface area (Å²) in [6, 6.07) is 61.4. The van der Waals surface area contributed by atoms with Crippen molar-refractivity contribution in [1.82, 2.24) is 13.5 Å². The summed E-state index contributed by atoms with van der Waals surface area (Å²) in [7, 11) is 0. The minimum Gasteiger partial charge on any atom is -0.309 e. The molecule has 0 amide bonds. The van der Waals surface area contributed by atoms with Crippen molar-refractivity contribution in [3.05, 3.63) is 176 Å². The molecule has 0 saturated heterocycles. The smallest absolute Gasteiger partial charge is 0.131 e. The van der Waals surface area contributed by atoms with Crippen LogP contribution in [0.1, 0.15) is 0 Å². The van der Waals surface area contributed by atoms with E-state index in [9.17, 15) is 0 Å². The van der Waals surface area contributed by atoms with Gasteiger partial charge in [0, 0.05) is 44.7 Å². The quantitative estimate of drug-likeness (QED) is 0.191. The fraction of sp³-hybridized carbons (Fsp3) is 0. The van der Waals surface area contributed by atoms with Crippen molar-refractivity contribution in [2.75, 3.05) is 0 Å². The maximum atomic E-state index is 2.45. The highest BCUT2D eigenvalue weighted by Crippen LogP contribution is 2.44. The highest BCUT2D eigenvalue weighted by atomic mass is 15.1. The van der Waals surface area contributed by atoms with Crippen molar-refractivity contribution in [2.45, 2.75) is 0 Å². The fourth-order valence-electron chi connectivity index (χ4n) is 7.65. The maximum absolute atomic E-state index is 2.45. The van der Waals surface area contributed by atoms with E-state index in [1.807, 2.05) is 0 Å². The summed E-state index contributed by atoms with van der Waals surface area (Å²) < 4.78 is 7.22. The van der Waals surface area contributed by atoms with Gasteiger partial charge in [-0.15, -0.1) is 0 Å². The van der Waals surface area contributed by atoms with Crippen molar-refractivity contribution in [2.24, 2.45) is 0 Å². The van der Waals surface area contributed by atoms with Gasteiger partial charge in [0.15, 0.2) is 0 Å². The van der Waals surface area contributed by atoms with E-state index in [4.69, 9.17) is 0 Å². The lowest BCUT2D eigenvalue weighted by atomic mass is 9.99. The van der Waals surface area contributed by atoms with Gasteiger partial charge in [0.25, 0.3) is 0 Å². The van der Waals surface area contributed by atoms with Gasteiger partial charge in [0.1, 0.15) is 5.65 Å². The van der Waals surface area contributed by atoms with Crippen LogP contribution in [0.3, 0.4) is 0 Å². The highest BCUT2D eigenvalue weighted by molar-refractivity contribution is 6.20. The standard InChI is InChI=1S/C44H29N3/c1-3-14-30(15-4-1)32-25-26-40-37(28-32)43-42(31-16-5-2-6-17-31)41-24-11-12-27-45(41)44(43)47(40)34-19-13-18-33(29-34)46-38-22-9-7-20-35(38)36-21-8-10-23-39(36)46/h1-29H. The number of para-hydroxylation sites is 2. The van der Waals surface area contributed by atoms with Crippen LogP contribution in [0, 0.1) is 0 Å². The van der Waals surface area contributed by atoms with Crippen LogP contribution in [0.15, 0.2) is 176 Å². The van der Waals surface area contributed by atoms with E-state index in [2.05, 4.69) is 190 Å². The molecule has 10 rings (SSSR count). The average molecular weight is 600 g/mol. The Morgan fingerprint density at radius 2 is 0.915 bits per heavy atom. The summed E-state index contributed by atoms with van der Waals surface area (Å²) in [5.41, 5.74) is 13.1. The first kappa shape index (κ1) is 26.0. The molecule has 0 saturated carbocycles. The summed E-state index contributed by atoms with van der Waals surface area (Å²) in [6.07, 6.45) is 2.20. The zero-order valence-electron chi connectivity index (χ0n) is 25.6. The lowest BCUT2D eigenvalue weighted by molar-refractivity contribution is 1.09. The van der Waals surface area contributed by atoms with Crippen LogP contribution in [0.2, 0.25) is 0 Å². The van der Waals surface area contributed by atoms with Gasteiger partial charge in [-0.25, -0.2) is 0 Å². The van der Waals surface area contributed by atoms with Gasteiger partial charge >= 0.3 is 0 Å². The second-order valence-electron chi connectivity index (χ2n) is 12.2. The normalized spacial score (nSPS) is 11.8. The summed E-state index contributed by atoms with van der Waals surface area (Å²) in [6.45, 7) is 0. The molecule has 6 aromatic carbocycles. The molecule has 0 unspecified atom stereocenters. The SMILES string of the molecule is c1ccc(-c2ccc3c(c2)c2c(-c4ccccc4)c4ccccn4c2n3-c2cccc(-n3c4ccccc4c4ccccc43)c2)cc1. The van der Waals surface area contributed by atoms with Gasteiger partial charge in [0.2, 0.25) is 0 Å². The zero-order chi connectivity index (χ0) is 30.9. The van der Waals surface area contributed by atoms with Crippen molar-refractivity contribution in [1.29, 1.82) is 0 Å². The Kier molecular flexibility index (Phi) is 5.57. The van der Waals surface area contributed by atoms with E-state index in [0.29, 0.717) is 0 Å². The average Bonchev–Trinajstić information content (AvgIpc) is 3.78. The minimum atomic E-state index is 1.12. The topological polar surface area (TPSA) is 14.3 Å². The molecule has 47 heavy (non-hydrogen) atoms. The molecule has 0 aliphatic carbocycles. The molecule has 0 atom stereocenters. The van der Waals surface area contributed by atoms with Crippen molar-refractivity contribution >= 4 is 49.3 Å². The highest BCUT2D eigenvalue weighted by Gasteiger charge is 2.23. The fourth-order valence-corrected chi connectivity index (χ4v) is 7.65. The second kappa shape index (κ2) is 10.1. The number of hydrogen-bond acceptors (Lipinski definition) is 0. The first-order chi connectivity index (χ1) is 23.3. The minimum absolute atomic E-state index is 1.12. The molecule has 0 bridgehead atoms. The largest absolute Gasteiger partial charge is 0.309 e. The molecule has 0 aliphatic rings. The second-order valence-corrected chi connectivity index (χ2v) is 12.2. The first-order valence-corrected chi connectivity index (χ1v) is 16.1. The monoisotopic (exact) mass is 599 g/mol. The summed E-state index contributed by atoms with van der Waals surface area (Å²) in [4.78, 5) is 0. The Morgan fingerprint density at radius 1 is 0.340 bits per heavy atom. The number of pyridine rings is 1. The van der Waals surface area contributed by atoms with E-state index < -0.39 is 0 Å². The molecule has 10 aromatic rings. The van der Waals surface area contributed by atoms with Gasteiger partial charge in [-0.2, -0.15) is 0 Å². The molecule has 0 aliphatic heterocycles. The molecule has 3 heteroatoms. The summed E-state index contributed by atoms with van der Waals surface area (Å²) in [5.74, 6) is 0. The van der Waals surface area contributed by atoms with E-state index in [0.717, 1.165) is 11.4 Å². The predicted molar refractivity (Wildman–Crippen MR) is 197 cm³/mol. The number of benzene rings is 6. The maximum Gasteiger partial charge on any atom is 0.131 e. The third kappa shape index (κ3) is 3.81. The van der Waals surface area contributed by atoms with Crippen molar-refractivity contribution in [3.63, 3.8) is 0 Å². The van der Waals surface area contributed by atoms with Crippen LogP contribution in [0.25, 0.3) is 82.9 Å². The first-order valence-electron chi connectivity index (χ1n) is 16.1. The zero-order valence-corrected chi connectivity index (χ0v) is 25.6. The van der Waals surface area contributed by atoms with E-state index >= 15 is 0 Å². The number of nitrogens with zero attached hydrogens (tertiary/aromatic N) is 3. The predicted octanol–water partition coefficient (Wildman–Crippen LogP) is 11.5. The van der Waals surface area contributed by atoms with Crippen molar-refractivity contribution < 1.29 is 0 Å². The van der Waals surface area contributed by atoms with E-state index in [-0.39, 0.29) is 0 Å². The van der Waals surface area contributed by atoms with Crippen LogP contribution in [0.5, 0.6) is 0 Å². The van der Waals surface area contributed by atoms with Crippen LogP contribution >= 0.6 is 0 Å². The van der Waals surface area contributed by atoms with Gasteiger partial charge in [-0.1, -0.05) is 115 Å². The lowest BCUT2D eigenvalue weighted by Crippen LogP contribution is -2.00. The molecule has 0 radical (unpaired) electrons. The Labute approximate surface area is 271 Å². The Morgan fingerprint density at radius 3 is 1.64 bits per heavy atom. The third-order valence-corrected chi connectivity index (χ3v) is 9.63. The van der Waals surface area contributed by atoms with E-state index in [1.54, 1.807) is 0 Å². The molecule has 0 spiro atoms. The molecule has 3 nitrogen and oxygen atoms in total. The molecule has 4 heterocycles. The van der Waals surface area contributed by atoms with Crippen LogP contribution < -0.4 is 0 Å².